The van der Waals surface area contributed by atoms with Crippen LogP contribution in [-0.4, -0.2) is 0 Å². The average molecular weight is 793 g/mol. The smallest absolute Gasteiger partial charge is 0.0618 e. The molecule has 11 rings (SSSR count). The maximum atomic E-state index is 2.43. The van der Waals surface area contributed by atoms with E-state index >= 15 is 0 Å². The van der Waals surface area contributed by atoms with E-state index in [1.54, 1.807) is 0 Å². The third-order valence-electron chi connectivity index (χ3n) is 12.3. The molecule has 2 heteroatoms. The minimum atomic E-state index is 1.12. The highest BCUT2D eigenvalue weighted by Gasteiger charge is 2.24. The lowest BCUT2D eigenvalue weighted by atomic mass is 9.87. The summed E-state index contributed by atoms with van der Waals surface area (Å²) in [7, 11) is 0. The summed E-state index contributed by atoms with van der Waals surface area (Å²) in [6.07, 6.45) is 0. The van der Waals surface area contributed by atoms with E-state index in [2.05, 4.69) is 254 Å². The minimum absolute atomic E-state index is 1.12. The number of nitrogens with zero attached hydrogens (tertiary/aromatic N) is 2. The zero-order chi connectivity index (χ0) is 41.6. The molecule has 0 aliphatic heterocycles. The maximum Gasteiger partial charge on any atom is 0.0618 e. The highest BCUT2D eigenvalue weighted by molar-refractivity contribution is 6.24. The molecule has 0 unspecified atom stereocenters. The van der Waals surface area contributed by atoms with Crippen molar-refractivity contribution in [2.24, 2.45) is 0 Å². The molecule has 0 atom stereocenters. The first-order valence-corrected chi connectivity index (χ1v) is 21.4. The van der Waals surface area contributed by atoms with Gasteiger partial charge in [-0.2, -0.15) is 0 Å². The second-order valence-corrected chi connectivity index (χ2v) is 16.2. The van der Waals surface area contributed by atoms with Crippen LogP contribution in [0.4, 0.5) is 34.1 Å². The van der Waals surface area contributed by atoms with Crippen LogP contribution in [0.1, 0.15) is 11.1 Å². The Morgan fingerprint density at radius 2 is 0.468 bits per heavy atom. The van der Waals surface area contributed by atoms with Gasteiger partial charge >= 0.3 is 0 Å². The highest BCUT2D eigenvalue weighted by atomic mass is 15.2. The lowest BCUT2D eigenvalue weighted by Crippen LogP contribution is -2.11. The largest absolute Gasteiger partial charge is 0.309 e. The Hall–Kier alpha value is -7.94. The van der Waals surface area contributed by atoms with Crippen molar-refractivity contribution >= 4 is 77.2 Å². The fourth-order valence-corrected chi connectivity index (χ4v) is 9.47. The minimum Gasteiger partial charge on any atom is -0.309 e. The number of hydrogen-bond donors (Lipinski definition) is 0. The Balaban J connectivity index is 1.11. The molecule has 11 aromatic rings. The molecular formula is C60H44N2. The van der Waals surface area contributed by atoms with Crippen molar-refractivity contribution in [2.75, 3.05) is 9.80 Å². The molecule has 0 amide bonds. The Labute approximate surface area is 363 Å². The van der Waals surface area contributed by atoms with Crippen molar-refractivity contribution in [1.29, 1.82) is 0 Å². The molecule has 2 nitrogen and oxygen atoms in total. The van der Waals surface area contributed by atoms with Crippen LogP contribution in [0.2, 0.25) is 0 Å². The average Bonchev–Trinajstić information content (AvgIpc) is 3.33. The van der Waals surface area contributed by atoms with Crippen LogP contribution >= 0.6 is 0 Å². The van der Waals surface area contributed by atoms with Crippen LogP contribution in [0.3, 0.4) is 0 Å². The van der Waals surface area contributed by atoms with Crippen LogP contribution in [-0.2, 0) is 0 Å². The molecular weight excluding hydrogens is 749 g/mol. The first-order chi connectivity index (χ1) is 30.6. The fraction of sp³-hybridized carbons (Fsp3) is 0.0333. The molecule has 0 saturated carbocycles. The van der Waals surface area contributed by atoms with Gasteiger partial charge in [0.15, 0.2) is 0 Å². The van der Waals surface area contributed by atoms with Gasteiger partial charge in [0.2, 0.25) is 0 Å². The summed E-state index contributed by atoms with van der Waals surface area (Å²) >= 11 is 0. The number of rotatable bonds is 8. The van der Waals surface area contributed by atoms with Gasteiger partial charge in [-0.1, -0.05) is 193 Å². The van der Waals surface area contributed by atoms with Gasteiger partial charge in [-0.25, -0.2) is 0 Å². The Bertz CT molecular complexity index is 3050. The zero-order valence-electron chi connectivity index (χ0n) is 34.8. The molecule has 294 valence electrons. The van der Waals surface area contributed by atoms with Crippen molar-refractivity contribution in [3.63, 3.8) is 0 Å². The lowest BCUT2D eigenvalue weighted by molar-refractivity contribution is 1.30. The summed E-state index contributed by atoms with van der Waals surface area (Å²) in [5.41, 5.74) is 14.2. The van der Waals surface area contributed by atoms with Crippen molar-refractivity contribution in [1.82, 2.24) is 0 Å². The predicted molar refractivity (Wildman–Crippen MR) is 266 cm³/mol. The SMILES string of the molecule is Cc1ccc(N(c2ccccc2)c2c3ccccc3c(-c3ccc(-c4c5ccccc5c(N(c5ccccc5)c5ccc(C)cc5)c5ccccc45)cc3)c3ccccc23)cc1. The van der Waals surface area contributed by atoms with Crippen molar-refractivity contribution < 1.29 is 0 Å². The predicted octanol–water partition coefficient (Wildman–Crippen LogP) is 17.2. The van der Waals surface area contributed by atoms with Gasteiger partial charge in [-0.05, 0) is 106 Å². The summed E-state index contributed by atoms with van der Waals surface area (Å²) in [5.74, 6) is 0. The van der Waals surface area contributed by atoms with Crippen LogP contribution in [0, 0.1) is 13.8 Å². The van der Waals surface area contributed by atoms with Gasteiger partial charge < -0.3 is 9.80 Å². The number of hydrogen-bond acceptors (Lipinski definition) is 2. The van der Waals surface area contributed by atoms with Crippen molar-refractivity contribution in [3.05, 3.63) is 242 Å². The van der Waals surface area contributed by atoms with E-state index in [0.717, 1.165) is 22.7 Å². The summed E-state index contributed by atoms with van der Waals surface area (Å²) < 4.78 is 0. The monoisotopic (exact) mass is 792 g/mol. The van der Waals surface area contributed by atoms with E-state index in [0.29, 0.717) is 0 Å². The van der Waals surface area contributed by atoms with Crippen LogP contribution in [0.5, 0.6) is 0 Å². The summed E-state index contributed by atoms with van der Waals surface area (Å²) in [6, 6.07) is 84.3. The fourth-order valence-electron chi connectivity index (χ4n) is 9.47. The van der Waals surface area contributed by atoms with E-state index in [9.17, 15) is 0 Å². The molecule has 11 aromatic carbocycles. The van der Waals surface area contributed by atoms with Gasteiger partial charge in [0.25, 0.3) is 0 Å². The molecule has 0 N–H and O–H groups in total. The number of fused-ring (bicyclic) bond motifs is 4. The van der Waals surface area contributed by atoms with E-state index in [-0.39, 0.29) is 0 Å². The normalized spacial score (nSPS) is 11.4. The second-order valence-electron chi connectivity index (χ2n) is 16.2. The highest BCUT2D eigenvalue weighted by Crippen LogP contribution is 2.50. The van der Waals surface area contributed by atoms with Crippen LogP contribution < -0.4 is 9.80 Å². The third kappa shape index (κ3) is 6.36. The summed E-state index contributed by atoms with van der Waals surface area (Å²) in [4.78, 5) is 4.85. The van der Waals surface area contributed by atoms with E-state index < -0.39 is 0 Å². The third-order valence-corrected chi connectivity index (χ3v) is 12.3. The van der Waals surface area contributed by atoms with E-state index in [1.165, 1.54) is 87.8 Å². The molecule has 0 spiro atoms. The zero-order valence-corrected chi connectivity index (χ0v) is 34.8. The van der Waals surface area contributed by atoms with Crippen LogP contribution in [0.15, 0.2) is 231 Å². The lowest BCUT2D eigenvalue weighted by Gasteiger charge is -2.30. The molecule has 0 fully saturated rings. The first kappa shape index (κ1) is 37.1. The molecule has 62 heavy (non-hydrogen) atoms. The Morgan fingerprint density at radius 3 is 0.758 bits per heavy atom. The standard InChI is InChI=1S/C60H44N2/c1-41-29-37-47(38-30-41)61(45-17-5-3-6-18-45)59-53-25-13-9-21-49(53)57(50-22-10-14-26-54(50)59)43-33-35-44(36-34-43)58-51-23-11-15-27-55(51)60(56-28-16-12-24-52(56)58)62(46-19-7-4-8-20-46)48-39-31-42(2)32-40-48/h3-40H,1-2H3. The van der Waals surface area contributed by atoms with Crippen molar-refractivity contribution in [2.45, 2.75) is 13.8 Å². The number of para-hydroxylation sites is 2. The molecule has 0 saturated heterocycles. The van der Waals surface area contributed by atoms with Gasteiger partial charge in [-0.15, -0.1) is 0 Å². The van der Waals surface area contributed by atoms with E-state index in [1.807, 2.05) is 0 Å². The van der Waals surface area contributed by atoms with Gasteiger partial charge in [0.1, 0.15) is 0 Å². The quantitative estimate of drug-likeness (QED) is 0.141. The summed E-state index contributed by atoms with van der Waals surface area (Å²) in [5, 5.41) is 9.72. The molecule has 0 aromatic heterocycles. The molecule has 0 heterocycles. The molecule has 0 aliphatic carbocycles. The molecule has 0 aliphatic rings. The summed E-state index contributed by atoms with van der Waals surface area (Å²) in [6.45, 7) is 4.29. The van der Waals surface area contributed by atoms with Gasteiger partial charge in [-0.3, -0.25) is 0 Å². The topological polar surface area (TPSA) is 6.48 Å². The van der Waals surface area contributed by atoms with Crippen molar-refractivity contribution in [3.8, 4) is 22.3 Å². The Morgan fingerprint density at radius 1 is 0.226 bits per heavy atom. The molecule has 0 radical (unpaired) electrons. The molecule has 0 bridgehead atoms. The second kappa shape index (κ2) is 15.6. The van der Waals surface area contributed by atoms with E-state index in [4.69, 9.17) is 0 Å². The number of anilines is 6. The van der Waals surface area contributed by atoms with Crippen LogP contribution in [0.25, 0.3) is 65.3 Å². The first-order valence-electron chi connectivity index (χ1n) is 21.4. The van der Waals surface area contributed by atoms with Gasteiger partial charge in [0.05, 0.1) is 11.4 Å². The maximum absolute atomic E-state index is 2.43. The van der Waals surface area contributed by atoms with Gasteiger partial charge in [0, 0.05) is 44.3 Å². The Kier molecular flexibility index (Phi) is 9.32. The number of benzene rings is 11. The number of aryl methyl sites for hydroxylation is 2.